The zero-order valence-electron chi connectivity index (χ0n) is 10.9. The van der Waals surface area contributed by atoms with Gasteiger partial charge in [0, 0.05) is 11.6 Å². The molecule has 1 heterocycles. The van der Waals surface area contributed by atoms with Crippen molar-refractivity contribution in [2.45, 2.75) is 32.9 Å². The van der Waals surface area contributed by atoms with Gasteiger partial charge in [-0.15, -0.1) is 0 Å². The molecule has 1 atom stereocenters. The van der Waals surface area contributed by atoms with E-state index in [0.717, 1.165) is 24.1 Å². The van der Waals surface area contributed by atoms with Crippen LogP contribution in [0.1, 0.15) is 36.3 Å². The highest BCUT2D eigenvalue weighted by Gasteiger charge is 2.20. The van der Waals surface area contributed by atoms with E-state index in [9.17, 15) is 5.11 Å². The van der Waals surface area contributed by atoms with Crippen molar-refractivity contribution in [2.24, 2.45) is 0 Å². The van der Waals surface area contributed by atoms with Crippen LogP contribution >= 0.6 is 23.2 Å². The van der Waals surface area contributed by atoms with E-state index in [0.29, 0.717) is 15.7 Å². The second-order valence-electron chi connectivity index (χ2n) is 4.51. The van der Waals surface area contributed by atoms with Crippen molar-refractivity contribution >= 4 is 23.2 Å². The quantitative estimate of drug-likeness (QED) is 0.927. The summed E-state index contributed by atoms with van der Waals surface area (Å²) in [5, 5.41) is 15.8. The first kappa shape index (κ1) is 14.4. The smallest absolute Gasteiger partial charge is 0.122 e. The third-order valence-corrected chi connectivity index (χ3v) is 3.74. The normalized spacial score (nSPS) is 12.7. The summed E-state index contributed by atoms with van der Waals surface area (Å²) in [7, 11) is 0. The molecule has 0 fully saturated rings. The molecular weight excluding hydrogens is 283 g/mol. The monoisotopic (exact) mass is 298 g/mol. The van der Waals surface area contributed by atoms with E-state index in [4.69, 9.17) is 23.2 Å². The maximum absolute atomic E-state index is 10.5. The highest BCUT2D eigenvalue weighted by molar-refractivity contribution is 6.31. The van der Waals surface area contributed by atoms with Crippen LogP contribution in [0.5, 0.6) is 0 Å². The van der Waals surface area contributed by atoms with E-state index in [1.165, 1.54) is 0 Å². The lowest BCUT2D eigenvalue weighted by molar-refractivity contribution is 0.207. The molecule has 0 saturated heterocycles. The van der Waals surface area contributed by atoms with Crippen molar-refractivity contribution in [3.63, 3.8) is 0 Å². The predicted molar refractivity (Wildman–Crippen MR) is 77.8 cm³/mol. The SMILES string of the molecule is CCCn1ncc(Cl)c1C(O)c1ccc(C)c(Cl)c1. The number of aromatic nitrogens is 2. The molecule has 5 heteroatoms. The van der Waals surface area contributed by atoms with Gasteiger partial charge in [-0.25, -0.2) is 0 Å². The van der Waals surface area contributed by atoms with E-state index in [-0.39, 0.29) is 0 Å². The summed E-state index contributed by atoms with van der Waals surface area (Å²) < 4.78 is 1.74. The fourth-order valence-corrected chi connectivity index (χ4v) is 2.40. The van der Waals surface area contributed by atoms with Gasteiger partial charge in [0.15, 0.2) is 0 Å². The average molecular weight is 299 g/mol. The molecule has 1 unspecified atom stereocenters. The molecule has 0 saturated carbocycles. The van der Waals surface area contributed by atoms with Gasteiger partial charge in [-0.3, -0.25) is 4.68 Å². The summed E-state index contributed by atoms with van der Waals surface area (Å²) in [6.07, 6.45) is 1.66. The summed E-state index contributed by atoms with van der Waals surface area (Å²) in [5.74, 6) is 0. The number of nitrogens with zero attached hydrogens (tertiary/aromatic N) is 2. The van der Waals surface area contributed by atoms with E-state index < -0.39 is 6.10 Å². The van der Waals surface area contributed by atoms with Gasteiger partial charge in [-0.1, -0.05) is 42.3 Å². The Morgan fingerprint density at radius 2 is 2.05 bits per heavy atom. The van der Waals surface area contributed by atoms with Gasteiger partial charge in [0.1, 0.15) is 6.10 Å². The Bertz CT molecular complexity index is 581. The Balaban J connectivity index is 2.40. The van der Waals surface area contributed by atoms with Crippen molar-refractivity contribution in [3.05, 3.63) is 51.3 Å². The van der Waals surface area contributed by atoms with Gasteiger partial charge in [-0.2, -0.15) is 5.10 Å². The van der Waals surface area contributed by atoms with Crippen molar-refractivity contribution in [1.29, 1.82) is 0 Å². The number of rotatable bonds is 4. The van der Waals surface area contributed by atoms with Crippen LogP contribution in [0, 0.1) is 6.92 Å². The van der Waals surface area contributed by atoms with Crippen LogP contribution in [0.2, 0.25) is 10.0 Å². The van der Waals surface area contributed by atoms with Gasteiger partial charge >= 0.3 is 0 Å². The molecule has 2 aromatic rings. The molecule has 19 heavy (non-hydrogen) atoms. The number of aliphatic hydroxyl groups is 1. The third kappa shape index (κ3) is 2.94. The number of aryl methyl sites for hydroxylation is 2. The molecule has 0 amide bonds. The third-order valence-electron chi connectivity index (χ3n) is 3.04. The lowest BCUT2D eigenvalue weighted by atomic mass is 10.0. The molecule has 1 aromatic carbocycles. The van der Waals surface area contributed by atoms with Gasteiger partial charge in [0.25, 0.3) is 0 Å². The van der Waals surface area contributed by atoms with Gasteiger partial charge in [-0.05, 0) is 30.5 Å². The average Bonchev–Trinajstić information content (AvgIpc) is 2.74. The van der Waals surface area contributed by atoms with Crippen LogP contribution in [-0.2, 0) is 6.54 Å². The topological polar surface area (TPSA) is 38.0 Å². The van der Waals surface area contributed by atoms with E-state index in [1.807, 2.05) is 19.1 Å². The second kappa shape index (κ2) is 5.95. The van der Waals surface area contributed by atoms with Gasteiger partial charge < -0.3 is 5.11 Å². The van der Waals surface area contributed by atoms with Crippen LogP contribution in [0.15, 0.2) is 24.4 Å². The molecule has 3 nitrogen and oxygen atoms in total. The fraction of sp³-hybridized carbons (Fsp3) is 0.357. The Labute approximate surface area is 122 Å². The highest BCUT2D eigenvalue weighted by Crippen LogP contribution is 2.30. The molecule has 0 aliphatic rings. The largest absolute Gasteiger partial charge is 0.382 e. The molecular formula is C14H16Cl2N2O. The lowest BCUT2D eigenvalue weighted by Gasteiger charge is -2.15. The van der Waals surface area contributed by atoms with Crippen molar-refractivity contribution in [3.8, 4) is 0 Å². The molecule has 0 spiro atoms. The minimum Gasteiger partial charge on any atom is -0.382 e. The summed E-state index contributed by atoms with van der Waals surface area (Å²) in [4.78, 5) is 0. The Morgan fingerprint density at radius 3 is 2.68 bits per heavy atom. The van der Waals surface area contributed by atoms with Crippen molar-refractivity contribution in [2.75, 3.05) is 0 Å². The molecule has 102 valence electrons. The summed E-state index contributed by atoms with van der Waals surface area (Å²) >= 11 is 12.2. The molecule has 0 aliphatic carbocycles. The molecule has 1 N–H and O–H groups in total. The minimum absolute atomic E-state index is 0.470. The fourth-order valence-electron chi connectivity index (χ4n) is 1.97. The van der Waals surface area contributed by atoms with Crippen molar-refractivity contribution < 1.29 is 5.11 Å². The Kier molecular flexibility index (Phi) is 4.50. The van der Waals surface area contributed by atoms with Crippen LogP contribution in [0.4, 0.5) is 0 Å². The standard InChI is InChI=1S/C14H16Cl2N2O/c1-3-6-18-13(12(16)8-17-18)14(19)10-5-4-9(2)11(15)7-10/h4-5,7-8,14,19H,3,6H2,1-2H3. The first-order chi connectivity index (χ1) is 9.04. The first-order valence-corrected chi connectivity index (χ1v) is 6.95. The van der Waals surface area contributed by atoms with E-state index in [2.05, 4.69) is 12.0 Å². The maximum atomic E-state index is 10.5. The maximum Gasteiger partial charge on any atom is 0.122 e. The number of aliphatic hydroxyl groups excluding tert-OH is 1. The summed E-state index contributed by atoms with van der Waals surface area (Å²) in [5.41, 5.74) is 2.31. The molecule has 2 rings (SSSR count). The van der Waals surface area contributed by atoms with E-state index >= 15 is 0 Å². The van der Waals surface area contributed by atoms with Crippen LogP contribution < -0.4 is 0 Å². The number of hydrogen-bond acceptors (Lipinski definition) is 2. The van der Waals surface area contributed by atoms with Crippen LogP contribution in [0.25, 0.3) is 0 Å². The summed E-state index contributed by atoms with van der Waals surface area (Å²) in [6, 6.07) is 5.50. The second-order valence-corrected chi connectivity index (χ2v) is 5.33. The summed E-state index contributed by atoms with van der Waals surface area (Å²) in [6.45, 7) is 4.69. The minimum atomic E-state index is -0.820. The van der Waals surface area contributed by atoms with Gasteiger partial charge in [0.05, 0.1) is 16.9 Å². The first-order valence-electron chi connectivity index (χ1n) is 6.20. The molecule has 1 aromatic heterocycles. The Hall–Kier alpha value is -1.03. The number of halogens is 2. The zero-order valence-corrected chi connectivity index (χ0v) is 12.4. The molecule has 0 bridgehead atoms. The van der Waals surface area contributed by atoms with E-state index in [1.54, 1.807) is 16.9 Å². The number of hydrogen-bond donors (Lipinski definition) is 1. The van der Waals surface area contributed by atoms with Crippen LogP contribution in [0.3, 0.4) is 0 Å². The van der Waals surface area contributed by atoms with Crippen molar-refractivity contribution in [1.82, 2.24) is 9.78 Å². The predicted octanol–water partition coefficient (Wildman–Crippen LogP) is 3.99. The van der Waals surface area contributed by atoms with Gasteiger partial charge in [0.2, 0.25) is 0 Å². The zero-order chi connectivity index (χ0) is 14.0. The molecule has 0 radical (unpaired) electrons. The Morgan fingerprint density at radius 1 is 1.32 bits per heavy atom. The molecule has 0 aliphatic heterocycles. The number of benzene rings is 1. The lowest BCUT2D eigenvalue weighted by Crippen LogP contribution is -2.10. The van der Waals surface area contributed by atoms with Crippen LogP contribution in [-0.4, -0.2) is 14.9 Å². The highest BCUT2D eigenvalue weighted by atomic mass is 35.5.